The molecule has 1 aromatic carbocycles. The lowest BCUT2D eigenvalue weighted by molar-refractivity contribution is -0.200. The van der Waals surface area contributed by atoms with E-state index in [1.165, 1.54) is 12.1 Å². The second-order valence-electron chi connectivity index (χ2n) is 5.59. The average molecular weight is 333 g/mol. The molecule has 1 aliphatic heterocycles. The molecule has 2 N–H and O–H groups in total. The van der Waals surface area contributed by atoms with Crippen molar-refractivity contribution in [3.63, 3.8) is 0 Å². The molecule has 0 radical (unpaired) electrons. The maximum Gasteiger partial charge on any atom is 0.416 e. The van der Waals surface area contributed by atoms with Gasteiger partial charge >= 0.3 is 12.2 Å². The van der Waals surface area contributed by atoms with E-state index in [1.807, 2.05) is 5.32 Å². The van der Waals surface area contributed by atoms with Crippen LogP contribution in [-0.2, 0) is 10.3 Å². The van der Waals surface area contributed by atoms with Gasteiger partial charge in [0.1, 0.15) is 5.78 Å². The summed E-state index contributed by atoms with van der Waals surface area (Å²) in [5.74, 6) is -0.834. The number of benzene rings is 1. The molecule has 22 heavy (non-hydrogen) atoms. The second-order valence-corrected chi connectivity index (χ2v) is 6.03. The number of Topliss-reactive ketones (excluding diaryl/α,β-unsaturated/α-hetero) is 1. The maximum atomic E-state index is 13.8. The Morgan fingerprint density at radius 3 is 2.64 bits per heavy atom. The molecule has 2 aliphatic rings. The number of fused-ring (bicyclic) bond motifs is 1. The van der Waals surface area contributed by atoms with Crippen LogP contribution in [-0.4, -0.2) is 18.0 Å². The largest absolute Gasteiger partial charge is 0.416 e. The number of hydrogen-bond acceptors (Lipinski definition) is 2. The van der Waals surface area contributed by atoms with Crippen LogP contribution >= 0.6 is 11.6 Å². The van der Waals surface area contributed by atoms with Crippen molar-refractivity contribution in [2.24, 2.45) is 5.92 Å². The van der Waals surface area contributed by atoms with Gasteiger partial charge in [0.25, 0.3) is 0 Å². The summed E-state index contributed by atoms with van der Waals surface area (Å²) in [5.41, 5.74) is -2.97. The molecule has 1 atom stereocenters. The third-order valence-electron chi connectivity index (χ3n) is 3.97. The lowest BCUT2D eigenvalue weighted by atomic mass is 9.81. The van der Waals surface area contributed by atoms with Gasteiger partial charge in [0, 0.05) is 28.6 Å². The maximum absolute atomic E-state index is 13.8. The van der Waals surface area contributed by atoms with Gasteiger partial charge in [0.15, 0.2) is 5.54 Å². The number of carbonyl (C=O) groups excluding carboxylic acids is 2. The molecule has 3 rings (SSSR count). The lowest BCUT2D eigenvalue weighted by Crippen LogP contribution is -2.61. The van der Waals surface area contributed by atoms with Crippen molar-refractivity contribution < 1.29 is 22.8 Å². The molecule has 1 aliphatic carbocycles. The fourth-order valence-corrected chi connectivity index (χ4v) is 2.84. The first-order chi connectivity index (χ1) is 10.2. The number of halogens is 4. The SMILES string of the molecule is O=C1Nc2ccc(Cl)cc2[C@@](CC(=O)C2CC2)(C(F)(F)F)N1. The van der Waals surface area contributed by atoms with Crippen LogP contribution in [0.15, 0.2) is 18.2 Å². The third kappa shape index (κ3) is 2.43. The van der Waals surface area contributed by atoms with E-state index in [1.54, 1.807) is 0 Å². The first-order valence-electron chi connectivity index (χ1n) is 6.71. The summed E-state index contributed by atoms with van der Waals surface area (Å²) in [7, 11) is 0. The molecule has 0 spiro atoms. The highest BCUT2D eigenvalue weighted by Gasteiger charge is 2.61. The van der Waals surface area contributed by atoms with E-state index >= 15 is 0 Å². The topological polar surface area (TPSA) is 58.2 Å². The van der Waals surface area contributed by atoms with Crippen LogP contribution in [0.1, 0.15) is 24.8 Å². The van der Waals surface area contributed by atoms with Gasteiger partial charge in [-0.2, -0.15) is 13.2 Å². The van der Waals surface area contributed by atoms with E-state index in [0.29, 0.717) is 12.8 Å². The van der Waals surface area contributed by atoms with Gasteiger partial charge in [0.05, 0.1) is 0 Å². The summed E-state index contributed by atoms with van der Waals surface area (Å²) < 4.78 is 41.4. The molecule has 0 aromatic heterocycles. The van der Waals surface area contributed by atoms with Gasteiger partial charge in [-0.3, -0.25) is 4.79 Å². The fourth-order valence-electron chi connectivity index (χ4n) is 2.67. The van der Waals surface area contributed by atoms with Gasteiger partial charge in [-0.05, 0) is 31.0 Å². The summed E-state index contributed by atoms with van der Waals surface area (Å²) in [6.45, 7) is 0. The molecule has 1 saturated carbocycles. The average Bonchev–Trinajstić information content (AvgIpc) is 3.22. The van der Waals surface area contributed by atoms with Crippen molar-refractivity contribution in [3.05, 3.63) is 28.8 Å². The Balaban J connectivity index is 2.14. The van der Waals surface area contributed by atoms with Gasteiger partial charge in [-0.15, -0.1) is 0 Å². The molecular formula is C14H12ClF3N2O2. The molecule has 1 aromatic rings. The van der Waals surface area contributed by atoms with Gasteiger partial charge in [-0.25, -0.2) is 4.79 Å². The van der Waals surface area contributed by atoms with Crippen molar-refractivity contribution in [2.75, 3.05) is 5.32 Å². The minimum absolute atomic E-state index is 0.00840. The van der Waals surface area contributed by atoms with Crippen molar-refractivity contribution >= 4 is 29.1 Å². The van der Waals surface area contributed by atoms with Crippen LogP contribution in [0.4, 0.5) is 23.7 Å². The van der Waals surface area contributed by atoms with E-state index in [9.17, 15) is 22.8 Å². The number of amides is 2. The first kappa shape index (κ1) is 15.1. The van der Waals surface area contributed by atoms with Gasteiger partial charge in [0.2, 0.25) is 0 Å². The number of ketones is 1. The minimum Gasteiger partial charge on any atom is -0.319 e. The quantitative estimate of drug-likeness (QED) is 0.888. The Bertz CT molecular complexity index is 658. The monoisotopic (exact) mass is 332 g/mol. The highest BCUT2D eigenvalue weighted by atomic mass is 35.5. The molecule has 4 nitrogen and oxygen atoms in total. The summed E-state index contributed by atoms with van der Waals surface area (Å²) in [4.78, 5) is 23.7. The molecule has 0 bridgehead atoms. The third-order valence-corrected chi connectivity index (χ3v) is 4.21. The standard InChI is InChI=1S/C14H12ClF3N2O2/c15-8-3-4-10-9(5-8)13(14(16,17)18,20-12(22)19-10)6-11(21)7-1-2-7/h3-5,7H,1-2,6H2,(H2,19,20,22)/t13-/m0/s1. The summed E-state index contributed by atoms with van der Waals surface area (Å²) in [5, 5.41) is 4.33. The number of carbonyl (C=O) groups is 2. The number of nitrogens with one attached hydrogen (secondary N) is 2. The molecule has 118 valence electrons. The zero-order valence-electron chi connectivity index (χ0n) is 11.3. The highest BCUT2D eigenvalue weighted by Crippen LogP contribution is 2.48. The van der Waals surface area contributed by atoms with Crippen molar-refractivity contribution in [1.29, 1.82) is 0 Å². The van der Waals surface area contributed by atoms with Crippen molar-refractivity contribution in [3.8, 4) is 0 Å². The number of urea groups is 1. The van der Waals surface area contributed by atoms with E-state index in [4.69, 9.17) is 11.6 Å². The Labute approximate surface area is 129 Å². The highest BCUT2D eigenvalue weighted by molar-refractivity contribution is 6.30. The first-order valence-corrected chi connectivity index (χ1v) is 7.09. The van der Waals surface area contributed by atoms with Crippen LogP contribution in [0, 0.1) is 5.92 Å². The molecule has 8 heteroatoms. The number of anilines is 1. The molecule has 1 heterocycles. The number of hydrogen-bond donors (Lipinski definition) is 2. The molecular weight excluding hydrogens is 321 g/mol. The molecule has 0 unspecified atom stereocenters. The van der Waals surface area contributed by atoms with Crippen molar-refractivity contribution in [2.45, 2.75) is 31.0 Å². The number of alkyl halides is 3. The van der Waals surface area contributed by atoms with Crippen LogP contribution < -0.4 is 10.6 Å². The van der Waals surface area contributed by atoms with Crippen LogP contribution in [0.2, 0.25) is 5.02 Å². The Morgan fingerprint density at radius 1 is 1.36 bits per heavy atom. The van der Waals surface area contributed by atoms with Gasteiger partial charge < -0.3 is 10.6 Å². The van der Waals surface area contributed by atoms with Crippen LogP contribution in [0.25, 0.3) is 0 Å². The van der Waals surface area contributed by atoms with Crippen molar-refractivity contribution in [1.82, 2.24) is 5.32 Å². The molecule has 1 fully saturated rings. The number of rotatable bonds is 3. The van der Waals surface area contributed by atoms with Crippen LogP contribution in [0.3, 0.4) is 0 Å². The van der Waals surface area contributed by atoms with E-state index in [-0.39, 0.29) is 22.2 Å². The molecule has 2 amide bonds. The van der Waals surface area contributed by atoms with Gasteiger partial charge in [-0.1, -0.05) is 11.6 Å². The van der Waals surface area contributed by atoms with Crippen LogP contribution in [0.5, 0.6) is 0 Å². The Kier molecular flexibility index (Phi) is 3.36. The van der Waals surface area contributed by atoms with E-state index < -0.39 is 30.0 Å². The zero-order valence-corrected chi connectivity index (χ0v) is 12.0. The van der Waals surface area contributed by atoms with E-state index in [2.05, 4.69) is 5.32 Å². The van der Waals surface area contributed by atoms with E-state index in [0.717, 1.165) is 6.07 Å². The Hall–Kier alpha value is -1.76. The zero-order chi connectivity index (χ0) is 16.1. The molecule has 0 saturated heterocycles. The normalized spacial score (nSPS) is 24.3. The lowest BCUT2D eigenvalue weighted by Gasteiger charge is -2.40. The predicted octanol–water partition coefficient (Wildman–Crippen LogP) is 3.60. The second kappa shape index (κ2) is 4.87. The summed E-state index contributed by atoms with van der Waals surface area (Å²) in [6, 6.07) is 2.83. The summed E-state index contributed by atoms with van der Waals surface area (Å²) in [6.07, 6.45) is -4.45. The Morgan fingerprint density at radius 2 is 2.05 bits per heavy atom. The smallest absolute Gasteiger partial charge is 0.319 e. The fraction of sp³-hybridized carbons (Fsp3) is 0.429. The predicted molar refractivity (Wildman–Crippen MR) is 73.7 cm³/mol. The minimum atomic E-state index is -4.82. The summed E-state index contributed by atoms with van der Waals surface area (Å²) >= 11 is 5.81.